The Kier molecular flexibility index (Phi) is 8.34. The number of aliphatic hydroxyl groups is 1. The van der Waals surface area contributed by atoms with E-state index in [2.05, 4.69) is 13.8 Å². The number of hydrogen-bond acceptors (Lipinski definition) is 6. The van der Waals surface area contributed by atoms with Crippen LogP contribution in [0.3, 0.4) is 0 Å². The number of carbonyl (C=O) groups is 2. The van der Waals surface area contributed by atoms with Gasteiger partial charge in [0.15, 0.2) is 0 Å². The predicted molar refractivity (Wildman–Crippen MR) is 132 cm³/mol. The number of ketones is 1. The average molecular weight is 467 g/mol. The zero-order chi connectivity index (χ0) is 24.8. The van der Waals surface area contributed by atoms with E-state index in [-0.39, 0.29) is 11.3 Å². The highest BCUT2D eigenvalue weighted by molar-refractivity contribution is 6.46. The number of rotatable bonds is 10. The number of amides is 1. The Morgan fingerprint density at radius 3 is 2.41 bits per heavy atom. The molecule has 3 rings (SSSR count). The zero-order valence-corrected chi connectivity index (χ0v) is 20.6. The number of likely N-dealkylation sites (N-methyl/N-ethyl adjacent to an activating group) is 1. The summed E-state index contributed by atoms with van der Waals surface area (Å²) in [5.41, 5.74) is 1.24. The van der Waals surface area contributed by atoms with Gasteiger partial charge in [-0.3, -0.25) is 9.59 Å². The molecular weight excluding hydrogens is 432 g/mol. The van der Waals surface area contributed by atoms with Crippen LogP contribution in [-0.4, -0.2) is 67.5 Å². The summed E-state index contributed by atoms with van der Waals surface area (Å²) in [7, 11) is 5.37. The molecule has 7 nitrogen and oxygen atoms in total. The number of hydrogen-bond donors (Lipinski definition) is 1. The Balaban J connectivity index is 2.05. The van der Waals surface area contributed by atoms with Crippen LogP contribution in [0.2, 0.25) is 0 Å². The maximum absolute atomic E-state index is 13.1. The molecule has 0 aromatic heterocycles. The molecule has 1 N–H and O–H groups in total. The first-order valence-electron chi connectivity index (χ1n) is 11.5. The molecule has 1 unspecified atom stereocenters. The summed E-state index contributed by atoms with van der Waals surface area (Å²) < 4.78 is 11.1. The quantitative estimate of drug-likeness (QED) is 0.323. The molecule has 0 spiro atoms. The Bertz CT molecular complexity index is 1040. The highest BCUT2D eigenvalue weighted by atomic mass is 16.5. The van der Waals surface area contributed by atoms with E-state index in [1.54, 1.807) is 31.4 Å². The number of likely N-dealkylation sites (tertiary alicyclic amines) is 1. The van der Waals surface area contributed by atoms with Crippen molar-refractivity contribution in [1.29, 1.82) is 0 Å². The van der Waals surface area contributed by atoms with E-state index >= 15 is 0 Å². The number of aliphatic hydroxyl groups excluding tert-OH is 1. The summed E-state index contributed by atoms with van der Waals surface area (Å²) in [4.78, 5) is 29.7. The zero-order valence-electron chi connectivity index (χ0n) is 20.6. The molecule has 34 heavy (non-hydrogen) atoms. The van der Waals surface area contributed by atoms with E-state index < -0.39 is 17.7 Å². The third-order valence-corrected chi connectivity index (χ3v) is 5.83. The summed E-state index contributed by atoms with van der Waals surface area (Å²) in [5.74, 6) is 0.304. The standard InChI is InChI=1S/C27H34N2O5/c1-18(2)13-16-34-22-8-6-7-20(17-22)24-23(25(30)19-9-11-21(33-5)12-10-19)26(31)27(32)29(24)15-14-28(3)4/h6-12,17-18,24,30H,13-16H2,1-5H3. The van der Waals surface area contributed by atoms with Crippen LogP contribution in [0.15, 0.2) is 54.1 Å². The molecule has 1 amide bonds. The summed E-state index contributed by atoms with van der Waals surface area (Å²) in [6.45, 7) is 5.78. The van der Waals surface area contributed by atoms with Gasteiger partial charge < -0.3 is 24.4 Å². The molecule has 0 saturated carbocycles. The van der Waals surface area contributed by atoms with Crippen molar-refractivity contribution in [3.63, 3.8) is 0 Å². The maximum atomic E-state index is 13.1. The average Bonchev–Trinajstić information content (AvgIpc) is 3.07. The van der Waals surface area contributed by atoms with Crippen molar-refractivity contribution in [3.05, 3.63) is 65.2 Å². The van der Waals surface area contributed by atoms with Crippen molar-refractivity contribution in [2.45, 2.75) is 26.3 Å². The molecule has 182 valence electrons. The molecule has 0 aliphatic carbocycles. The number of carbonyl (C=O) groups excluding carboxylic acids is 2. The molecule has 0 bridgehead atoms. The van der Waals surface area contributed by atoms with Crippen LogP contribution in [0.5, 0.6) is 11.5 Å². The highest BCUT2D eigenvalue weighted by Crippen LogP contribution is 2.40. The fraction of sp³-hybridized carbons (Fsp3) is 0.407. The molecule has 2 aromatic rings. The molecule has 0 radical (unpaired) electrons. The van der Waals surface area contributed by atoms with Gasteiger partial charge in [-0.2, -0.15) is 0 Å². The monoisotopic (exact) mass is 466 g/mol. The van der Waals surface area contributed by atoms with Crippen LogP contribution in [0, 0.1) is 5.92 Å². The fourth-order valence-corrected chi connectivity index (χ4v) is 3.86. The molecule has 7 heteroatoms. The van der Waals surface area contributed by atoms with E-state index in [1.165, 1.54) is 4.90 Å². The number of Topliss-reactive ketones (excluding diaryl/α,β-unsaturated/α-hetero) is 1. The molecule has 2 aromatic carbocycles. The van der Waals surface area contributed by atoms with E-state index in [9.17, 15) is 14.7 Å². The van der Waals surface area contributed by atoms with Crippen LogP contribution >= 0.6 is 0 Å². The van der Waals surface area contributed by atoms with Gasteiger partial charge in [0.2, 0.25) is 0 Å². The fourth-order valence-electron chi connectivity index (χ4n) is 3.86. The van der Waals surface area contributed by atoms with Gasteiger partial charge in [-0.25, -0.2) is 0 Å². The normalized spacial score (nSPS) is 17.6. The smallest absolute Gasteiger partial charge is 0.295 e. The lowest BCUT2D eigenvalue weighted by molar-refractivity contribution is -0.140. The van der Waals surface area contributed by atoms with Crippen molar-refractivity contribution >= 4 is 17.4 Å². The van der Waals surface area contributed by atoms with Gasteiger partial charge >= 0.3 is 0 Å². The minimum absolute atomic E-state index is 0.0771. The SMILES string of the molecule is COc1ccc(C(O)=C2C(=O)C(=O)N(CCN(C)C)C2c2cccc(OCCC(C)C)c2)cc1. The third kappa shape index (κ3) is 5.78. The summed E-state index contributed by atoms with van der Waals surface area (Å²) >= 11 is 0. The second-order valence-electron chi connectivity index (χ2n) is 9.13. The first-order valence-corrected chi connectivity index (χ1v) is 11.5. The lowest BCUT2D eigenvalue weighted by atomic mass is 9.95. The molecular formula is C27H34N2O5. The van der Waals surface area contributed by atoms with E-state index in [0.717, 1.165) is 12.0 Å². The van der Waals surface area contributed by atoms with Gasteiger partial charge in [-0.15, -0.1) is 0 Å². The highest BCUT2D eigenvalue weighted by Gasteiger charge is 2.46. The Morgan fingerprint density at radius 2 is 1.79 bits per heavy atom. The largest absolute Gasteiger partial charge is 0.507 e. The lowest BCUT2D eigenvalue weighted by Crippen LogP contribution is -2.35. The maximum Gasteiger partial charge on any atom is 0.295 e. The molecule has 1 saturated heterocycles. The Hall–Kier alpha value is -3.32. The second-order valence-corrected chi connectivity index (χ2v) is 9.13. The number of nitrogens with zero attached hydrogens (tertiary/aromatic N) is 2. The van der Waals surface area contributed by atoms with Gasteiger partial charge in [0.05, 0.1) is 25.3 Å². The van der Waals surface area contributed by atoms with Gasteiger partial charge in [0.1, 0.15) is 17.3 Å². The van der Waals surface area contributed by atoms with Crippen molar-refractivity contribution in [3.8, 4) is 11.5 Å². The molecule has 1 heterocycles. The van der Waals surface area contributed by atoms with Crippen LogP contribution in [0.4, 0.5) is 0 Å². The van der Waals surface area contributed by atoms with Gasteiger partial charge in [0.25, 0.3) is 11.7 Å². The summed E-state index contributed by atoms with van der Waals surface area (Å²) in [6, 6.07) is 13.4. The summed E-state index contributed by atoms with van der Waals surface area (Å²) in [5, 5.41) is 11.2. The first kappa shape index (κ1) is 25.3. The van der Waals surface area contributed by atoms with E-state index in [0.29, 0.717) is 42.7 Å². The van der Waals surface area contributed by atoms with Crippen LogP contribution in [0.25, 0.3) is 5.76 Å². The van der Waals surface area contributed by atoms with Crippen LogP contribution in [-0.2, 0) is 9.59 Å². The van der Waals surface area contributed by atoms with Crippen molar-refractivity contribution < 1.29 is 24.2 Å². The van der Waals surface area contributed by atoms with Gasteiger partial charge in [-0.05, 0) is 68.4 Å². The molecule has 1 aliphatic heterocycles. The van der Waals surface area contributed by atoms with Crippen LogP contribution in [0.1, 0.15) is 37.4 Å². The minimum atomic E-state index is -0.712. The number of ether oxygens (including phenoxy) is 2. The predicted octanol–water partition coefficient (Wildman–Crippen LogP) is 4.10. The summed E-state index contributed by atoms with van der Waals surface area (Å²) in [6.07, 6.45) is 0.920. The van der Waals surface area contributed by atoms with E-state index in [4.69, 9.17) is 9.47 Å². The molecule has 1 fully saturated rings. The Labute approximate surface area is 201 Å². The topological polar surface area (TPSA) is 79.3 Å². The van der Waals surface area contributed by atoms with Crippen molar-refractivity contribution in [1.82, 2.24) is 9.80 Å². The van der Waals surface area contributed by atoms with Crippen LogP contribution < -0.4 is 9.47 Å². The molecule has 1 aliphatic rings. The van der Waals surface area contributed by atoms with Crippen molar-refractivity contribution in [2.24, 2.45) is 5.92 Å². The second kappa shape index (κ2) is 11.2. The van der Waals surface area contributed by atoms with Gasteiger partial charge in [0, 0.05) is 18.7 Å². The molecule has 1 atom stereocenters. The third-order valence-electron chi connectivity index (χ3n) is 5.83. The van der Waals surface area contributed by atoms with E-state index in [1.807, 2.05) is 43.3 Å². The minimum Gasteiger partial charge on any atom is -0.507 e. The Morgan fingerprint density at radius 1 is 1.09 bits per heavy atom. The number of methoxy groups -OCH3 is 1. The lowest BCUT2D eigenvalue weighted by Gasteiger charge is -2.27. The van der Waals surface area contributed by atoms with Crippen molar-refractivity contribution in [2.75, 3.05) is 40.9 Å². The number of benzene rings is 2. The van der Waals surface area contributed by atoms with Gasteiger partial charge in [-0.1, -0.05) is 26.0 Å². The first-order chi connectivity index (χ1) is 16.2.